The Kier molecular flexibility index (Phi) is 10.6. The Balaban J connectivity index is 0.00000773. The second kappa shape index (κ2) is 20.5. The van der Waals surface area contributed by atoms with Gasteiger partial charge in [-0.05, 0) is 86.2 Å². The molecule has 1 aromatic heterocycles. The van der Waals surface area contributed by atoms with Gasteiger partial charge in [-0.1, -0.05) is 239 Å². The fourth-order valence-electron chi connectivity index (χ4n) is 12.1. The molecule has 0 saturated heterocycles. The van der Waals surface area contributed by atoms with Gasteiger partial charge in [0.15, 0.2) is 0 Å². The van der Waals surface area contributed by atoms with E-state index in [0.717, 1.165) is 66.5 Å². The second-order valence-electron chi connectivity index (χ2n) is 23.0. The van der Waals surface area contributed by atoms with Crippen LogP contribution < -0.4 is 40.2 Å². The molecular weight excluding hydrogens is 1200 g/mol. The van der Waals surface area contributed by atoms with Crippen molar-refractivity contribution in [2.45, 2.75) is 59.3 Å². The van der Waals surface area contributed by atoms with Gasteiger partial charge in [-0.2, -0.15) is 6.07 Å². The first-order valence-electron chi connectivity index (χ1n) is 32.3. The molecule has 0 N–H and O–H groups in total. The van der Waals surface area contributed by atoms with Crippen LogP contribution in [0.15, 0.2) is 236 Å². The summed E-state index contributed by atoms with van der Waals surface area (Å²) in [7, 11) is -3.12. The third-order valence-corrected chi connectivity index (χ3v) is 20.9. The number of rotatable bonds is 9. The van der Waals surface area contributed by atoms with Crippen LogP contribution in [-0.2, 0) is 31.9 Å². The number of anilines is 7. The van der Waals surface area contributed by atoms with Crippen LogP contribution >= 0.6 is 0 Å². The molecule has 7 heteroatoms. The zero-order valence-corrected chi connectivity index (χ0v) is 49.6. The van der Waals surface area contributed by atoms with Gasteiger partial charge in [-0.15, -0.1) is 53.4 Å². The molecule has 82 heavy (non-hydrogen) atoms. The van der Waals surface area contributed by atoms with Gasteiger partial charge < -0.3 is 19.4 Å². The average Bonchev–Trinajstić information content (AvgIpc) is 1.46. The second-order valence-corrected chi connectivity index (χ2v) is 26.6. The SMILES string of the molecule is [2H]c1c([2H])c([2H])c(-c2cnc(N3c4[c-]c(Oc5[c-]c(N6[CH-]N(c7c(-c8cc(C(C)(C)C)cc(C(C)(C)C)c8)cccc7-c7c([2H])c([2H])c([2H])c([2H])c7[2H])c7ccccc76)ccc5)cc5c4[Si](c4ccccc4)(c4ccccc4-5)c4ccccc43)cc2C)c([2H])c1[2H].[Pt]. The number of para-hydroxylation sites is 4. The van der Waals surface area contributed by atoms with E-state index in [1.54, 1.807) is 6.20 Å². The van der Waals surface area contributed by atoms with Crippen molar-refractivity contribution in [2.24, 2.45) is 0 Å². The number of hydrogen-bond acceptors (Lipinski definition) is 5. The van der Waals surface area contributed by atoms with E-state index in [9.17, 15) is 2.74 Å². The Hall–Kier alpha value is -8.54. The van der Waals surface area contributed by atoms with Crippen LogP contribution in [-0.4, -0.2) is 13.1 Å². The fraction of sp³-hybridized carbons (Fsp3) is 0.120. The molecule has 10 aromatic carbocycles. The van der Waals surface area contributed by atoms with Gasteiger partial charge >= 0.3 is 0 Å². The summed E-state index contributed by atoms with van der Waals surface area (Å²) in [6.45, 7) is 17.0. The van der Waals surface area contributed by atoms with Gasteiger partial charge in [-0.25, -0.2) is 4.98 Å². The summed E-state index contributed by atoms with van der Waals surface area (Å²) >= 11 is 0. The number of nitrogens with zero attached hydrogens (tertiary/aromatic N) is 4. The van der Waals surface area contributed by atoms with E-state index in [1.807, 2.05) is 97.4 Å². The van der Waals surface area contributed by atoms with Crippen molar-refractivity contribution in [1.29, 1.82) is 0 Å². The first-order chi connectivity index (χ1) is 43.5. The van der Waals surface area contributed by atoms with Crippen molar-refractivity contribution in [3.63, 3.8) is 0 Å². The zero-order chi connectivity index (χ0) is 63.9. The van der Waals surface area contributed by atoms with E-state index >= 15 is 0 Å². The number of aromatic nitrogens is 1. The average molecular weight is 1270 g/mol. The summed E-state index contributed by atoms with van der Waals surface area (Å²) in [4.78, 5) is 11.3. The molecule has 0 spiro atoms. The summed E-state index contributed by atoms with van der Waals surface area (Å²) in [6.07, 6.45) is 1.60. The van der Waals surface area contributed by atoms with E-state index in [-0.39, 0.29) is 67.2 Å². The molecule has 3 aliphatic heterocycles. The Morgan fingerprint density at radius 2 is 1.09 bits per heavy atom. The van der Waals surface area contributed by atoms with E-state index < -0.39 is 44.3 Å². The number of benzene rings is 10. The maximum Gasteiger partial charge on any atom is 0.135 e. The molecule has 0 aliphatic carbocycles. The molecular formula is C75H61N4OPtSi-3. The first kappa shape index (κ1) is 42.3. The minimum absolute atomic E-state index is 0. The van der Waals surface area contributed by atoms with Crippen molar-refractivity contribution in [3.8, 4) is 56.0 Å². The van der Waals surface area contributed by atoms with Gasteiger partial charge in [0.1, 0.15) is 13.9 Å². The molecule has 14 rings (SSSR count). The smallest absolute Gasteiger partial charge is 0.135 e. The van der Waals surface area contributed by atoms with Gasteiger partial charge in [0.2, 0.25) is 0 Å². The molecule has 0 radical (unpaired) electrons. The summed E-state index contributed by atoms with van der Waals surface area (Å²) in [5.74, 6) is 1.36. The standard InChI is InChI=1S/C75H61N4OSi.Pt/c1-50-41-71(76-48-64(50)52-27-13-9-14-28-52)79-67-38-20-22-40-70(67)81(59-31-15-10-16-32-59)69-39-21-17-33-62(69)63-46-58(47-68(79)73(63)81)80-57-30-23-29-56(45-57)77-49-78(66-37-19-18-36-65(66)77)72-60(51-25-11-8-12-26-51)34-24-35-61(72)53-42-54(74(2,3)4)44-55(43-53)75(5,6)7;/h8-44,46,48-49H,1-7H3;/q-3;/i8D,9D,11D,12D,13D,14D,25D,26D,27D,28D;. The maximum absolute atomic E-state index is 9.35. The molecule has 1 unspecified atom stereocenters. The zero-order valence-electron chi connectivity index (χ0n) is 56.3. The van der Waals surface area contributed by atoms with E-state index in [2.05, 4.69) is 154 Å². The first-order valence-corrected chi connectivity index (χ1v) is 29.3. The number of ether oxygens (including phenoxy) is 1. The molecule has 11 aromatic rings. The number of fused-ring (bicyclic) bond motifs is 6. The largest absolute Gasteiger partial charge is 0.509 e. The van der Waals surface area contributed by atoms with Gasteiger partial charge in [-0.3, -0.25) is 0 Å². The van der Waals surface area contributed by atoms with Gasteiger partial charge in [0, 0.05) is 78.2 Å². The van der Waals surface area contributed by atoms with Gasteiger partial charge in [0.05, 0.1) is 13.7 Å². The van der Waals surface area contributed by atoms with Crippen molar-refractivity contribution in [2.75, 3.05) is 14.7 Å². The van der Waals surface area contributed by atoms with Crippen LogP contribution in [0.4, 0.5) is 39.9 Å². The summed E-state index contributed by atoms with van der Waals surface area (Å²) in [6, 6.07) is 61.6. The van der Waals surface area contributed by atoms with Crippen molar-refractivity contribution >= 4 is 68.8 Å². The summed E-state index contributed by atoms with van der Waals surface area (Å²) < 4.78 is 95.1. The van der Waals surface area contributed by atoms with E-state index in [1.165, 1.54) is 10.4 Å². The van der Waals surface area contributed by atoms with Crippen LogP contribution in [0.25, 0.3) is 44.5 Å². The molecule has 1 atom stereocenters. The molecule has 0 amide bonds. The summed E-state index contributed by atoms with van der Waals surface area (Å²) in [5, 5.41) is 4.70. The topological polar surface area (TPSA) is 31.8 Å². The molecule has 3 aliphatic rings. The third kappa shape index (κ3) is 8.74. The van der Waals surface area contributed by atoms with Crippen LogP contribution in [0, 0.1) is 25.7 Å². The van der Waals surface area contributed by atoms with Crippen LogP contribution in [0.3, 0.4) is 0 Å². The van der Waals surface area contributed by atoms with Crippen molar-refractivity contribution in [1.82, 2.24) is 4.98 Å². The Labute approximate surface area is 512 Å². The van der Waals surface area contributed by atoms with Crippen molar-refractivity contribution in [3.05, 3.63) is 272 Å². The summed E-state index contributed by atoms with van der Waals surface area (Å²) in [5.41, 5.74) is 11.8. The minimum Gasteiger partial charge on any atom is -0.509 e. The Bertz CT molecular complexity index is 4790. The molecule has 0 bridgehead atoms. The maximum atomic E-state index is 9.35. The predicted molar refractivity (Wildman–Crippen MR) is 339 cm³/mol. The number of pyridine rings is 1. The van der Waals surface area contributed by atoms with Crippen LogP contribution in [0.2, 0.25) is 0 Å². The van der Waals surface area contributed by atoms with E-state index in [4.69, 9.17) is 20.7 Å². The van der Waals surface area contributed by atoms with Crippen molar-refractivity contribution < 1.29 is 39.5 Å². The molecule has 0 saturated carbocycles. The Morgan fingerprint density at radius 1 is 0.512 bits per heavy atom. The van der Waals surface area contributed by atoms with Crippen LogP contribution in [0.5, 0.6) is 11.5 Å². The number of aryl methyl sites for hydroxylation is 1. The molecule has 404 valence electrons. The fourth-order valence-corrected chi connectivity index (χ4v) is 17.6. The Morgan fingerprint density at radius 3 is 1.76 bits per heavy atom. The van der Waals surface area contributed by atoms with E-state index in [0.29, 0.717) is 45.4 Å². The monoisotopic (exact) mass is 1270 g/mol. The quantitative estimate of drug-likeness (QED) is 0.106. The third-order valence-electron chi connectivity index (χ3n) is 16.0. The number of hydrogen-bond donors (Lipinski definition) is 0. The normalized spacial score (nSPS) is 16.5. The predicted octanol–water partition coefficient (Wildman–Crippen LogP) is 16.9. The molecule has 4 heterocycles. The van der Waals surface area contributed by atoms with Gasteiger partial charge in [0.25, 0.3) is 0 Å². The van der Waals surface area contributed by atoms with Crippen LogP contribution in [0.1, 0.15) is 71.9 Å². The minimum atomic E-state index is -3.12. The molecule has 0 fully saturated rings. The molecule has 5 nitrogen and oxygen atoms in total.